The highest BCUT2D eigenvalue weighted by atomic mass is 16.5. The summed E-state index contributed by atoms with van der Waals surface area (Å²) in [5.74, 6) is 1.92. The average molecular weight is 341 g/mol. The lowest BCUT2D eigenvalue weighted by Gasteiger charge is -2.24. The van der Waals surface area contributed by atoms with Crippen molar-refractivity contribution in [3.05, 3.63) is 47.5 Å². The molecule has 1 aliphatic heterocycles. The Bertz CT molecular complexity index is 759. The molecule has 5 heteroatoms. The third-order valence-electron chi connectivity index (χ3n) is 4.67. The monoisotopic (exact) mass is 341 g/mol. The number of carbonyl (C=O) groups is 1. The maximum Gasteiger partial charge on any atom is 0.224 e. The summed E-state index contributed by atoms with van der Waals surface area (Å²) < 4.78 is 7.52. The summed E-state index contributed by atoms with van der Waals surface area (Å²) >= 11 is 0. The molecule has 0 radical (unpaired) electrons. The van der Waals surface area contributed by atoms with Gasteiger partial charge >= 0.3 is 0 Å². The number of imidazole rings is 1. The van der Waals surface area contributed by atoms with Gasteiger partial charge < -0.3 is 14.6 Å². The van der Waals surface area contributed by atoms with Gasteiger partial charge in [0.15, 0.2) is 0 Å². The summed E-state index contributed by atoms with van der Waals surface area (Å²) in [7, 11) is 1.63. The summed E-state index contributed by atoms with van der Waals surface area (Å²) in [5, 5.41) is 3.16. The normalized spacial score (nSPS) is 17.0. The second kappa shape index (κ2) is 6.90. The minimum Gasteiger partial charge on any atom is -0.496 e. The highest BCUT2D eigenvalue weighted by Gasteiger charge is 2.25. The molecule has 2 heterocycles. The zero-order chi connectivity index (χ0) is 18.0. The van der Waals surface area contributed by atoms with Gasteiger partial charge in [-0.2, -0.15) is 0 Å². The predicted molar refractivity (Wildman–Crippen MR) is 97.9 cm³/mol. The summed E-state index contributed by atoms with van der Waals surface area (Å²) in [6.07, 6.45) is 4.30. The molecular formula is C20H27N3O2. The second-order valence-corrected chi connectivity index (χ2v) is 7.74. The summed E-state index contributed by atoms with van der Waals surface area (Å²) in [6.45, 7) is 7.31. The van der Waals surface area contributed by atoms with Gasteiger partial charge in [0.1, 0.15) is 11.6 Å². The maximum atomic E-state index is 12.4. The van der Waals surface area contributed by atoms with Gasteiger partial charge in [0.25, 0.3) is 0 Å². The van der Waals surface area contributed by atoms with Crippen molar-refractivity contribution in [1.82, 2.24) is 14.9 Å². The Labute approximate surface area is 149 Å². The van der Waals surface area contributed by atoms with E-state index in [0.717, 1.165) is 42.2 Å². The number of rotatable bonds is 4. The molecule has 1 N–H and O–H groups in total. The van der Waals surface area contributed by atoms with Gasteiger partial charge in [-0.25, -0.2) is 4.98 Å². The number of methoxy groups -OCH3 is 1. The van der Waals surface area contributed by atoms with Crippen LogP contribution in [0.4, 0.5) is 0 Å². The van der Waals surface area contributed by atoms with Gasteiger partial charge in [-0.1, -0.05) is 39.0 Å². The molecule has 25 heavy (non-hydrogen) atoms. The van der Waals surface area contributed by atoms with Crippen molar-refractivity contribution in [3.8, 4) is 5.75 Å². The predicted octanol–water partition coefficient (Wildman–Crippen LogP) is 2.86. The molecule has 0 fully saturated rings. The summed E-state index contributed by atoms with van der Waals surface area (Å²) in [6, 6.07) is 7.81. The van der Waals surface area contributed by atoms with Crippen molar-refractivity contribution in [2.24, 2.45) is 0 Å². The Morgan fingerprint density at radius 2 is 2.12 bits per heavy atom. The van der Waals surface area contributed by atoms with E-state index in [4.69, 9.17) is 9.72 Å². The van der Waals surface area contributed by atoms with E-state index in [1.165, 1.54) is 0 Å². The Morgan fingerprint density at radius 3 is 2.84 bits per heavy atom. The molecular weight excluding hydrogens is 314 g/mol. The van der Waals surface area contributed by atoms with E-state index in [-0.39, 0.29) is 17.4 Å². The van der Waals surface area contributed by atoms with Gasteiger partial charge in [0.05, 0.1) is 19.2 Å². The van der Waals surface area contributed by atoms with Crippen molar-refractivity contribution >= 4 is 5.91 Å². The second-order valence-electron chi connectivity index (χ2n) is 7.74. The highest BCUT2D eigenvalue weighted by Crippen LogP contribution is 2.24. The molecule has 134 valence electrons. The van der Waals surface area contributed by atoms with Crippen LogP contribution < -0.4 is 10.1 Å². The van der Waals surface area contributed by atoms with Crippen LogP contribution in [0.15, 0.2) is 30.5 Å². The van der Waals surface area contributed by atoms with Crippen LogP contribution in [0, 0.1) is 0 Å². The highest BCUT2D eigenvalue weighted by molar-refractivity contribution is 5.79. The molecule has 0 saturated carbocycles. The van der Waals surface area contributed by atoms with E-state index < -0.39 is 0 Å². The quantitative estimate of drug-likeness (QED) is 0.930. The minimum absolute atomic E-state index is 0.0362. The standard InChI is InChI=1S/C20H27N3O2/c1-20(2,3)17-13-23-12-15(9-10-18(23)22-17)21-19(24)11-14-7-5-6-8-16(14)25-4/h5-8,13,15H,9-12H2,1-4H3,(H,21,24)/t15-/m0/s1. The third kappa shape index (κ3) is 4.03. The van der Waals surface area contributed by atoms with Crippen LogP contribution in [0.1, 0.15) is 44.3 Å². The molecule has 1 aromatic heterocycles. The summed E-state index contributed by atoms with van der Waals surface area (Å²) in [4.78, 5) is 17.2. The number of amides is 1. The first kappa shape index (κ1) is 17.5. The van der Waals surface area contributed by atoms with E-state index >= 15 is 0 Å². The number of hydrogen-bond acceptors (Lipinski definition) is 3. The van der Waals surface area contributed by atoms with Crippen LogP contribution in [-0.4, -0.2) is 28.6 Å². The van der Waals surface area contributed by atoms with Crippen molar-refractivity contribution in [2.45, 2.75) is 58.0 Å². The Morgan fingerprint density at radius 1 is 1.36 bits per heavy atom. The smallest absolute Gasteiger partial charge is 0.224 e. The molecule has 0 bridgehead atoms. The van der Waals surface area contributed by atoms with Crippen LogP contribution in [0.5, 0.6) is 5.75 Å². The maximum absolute atomic E-state index is 12.4. The molecule has 2 aromatic rings. The van der Waals surface area contributed by atoms with Gasteiger partial charge in [-0.3, -0.25) is 4.79 Å². The zero-order valence-electron chi connectivity index (χ0n) is 15.5. The van der Waals surface area contributed by atoms with Crippen LogP contribution in [0.3, 0.4) is 0 Å². The number of para-hydroxylation sites is 1. The number of carbonyl (C=O) groups excluding carboxylic acids is 1. The van der Waals surface area contributed by atoms with E-state index in [0.29, 0.717) is 6.42 Å². The fourth-order valence-corrected chi connectivity index (χ4v) is 3.22. The number of hydrogen-bond donors (Lipinski definition) is 1. The van der Waals surface area contributed by atoms with E-state index in [9.17, 15) is 4.79 Å². The molecule has 0 aliphatic carbocycles. The van der Waals surface area contributed by atoms with Crippen molar-refractivity contribution in [1.29, 1.82) is 0 Å². The fourth-order valence-electron chi connectivity index (χ4n) is 3.22. The molecule has 1 aromatic carbocycles. The first-order chi connectivity index (χ1) is 11.9. The van der Waals surface area contributed by atoms with Crippen LogP contribution >= 0.6 is 0 Å². The molecule has 1 amide bonds. The Kier molecular flexibility index (Phi) is 4.84. The number of ether oxygens (including phenoxy) is 1. The van der Waals surface area contributed by atoms with Gasteiger partial charge in [-0.05, 0) is 12.5 Å². The van der Waals surface area contributed by atoms with E-state index in [2.05, 4.69) is 36.9 Å². The molecule has 3 rings (SSSR count). The number of nitrogens with zero attached hydrogens (tertiary/aromatic N) is 2. The molecule has 0 spiro atoms. The van der Waals surface area contributed by atoms with Crippen LogP contribution in [0.25, 0.3) is 0 Å². The van der Waals surface area contributed by atoms with Gasteiger partial charge in [0, 0.05) is 36.2 Å². The molecule has 0 saturated heterocycles. The van der Waals surface area contributed by atoms with E-state index in [1.807, 2.05) is 24.3 Å². The number of aromatic nitrogens is 2. The Balaban J connectivity index is 1.63. The number of benzene rings is 1. The Hall–Kier alpha value is -2.30. The minimum atomic E-state index is 0.0362. The third-order valence-corrected chi connectivity index (χ3v) is 4.67. The topological polar surface area (TPSA) is 56.1 Å². The number of fused-ring (bicyclic) bond motifs is 1. The van der Waals surface area contributed by atoms with Crippen molar-refractivity contribution in [2.75, 3.05) is 7.11 Å². The van der Waals surface area contributed by atoms with E-state index in [1.54, 1.807) is 7.11 Å². The molecule has 5 nitrogen and oxygen atoms in total. The largest absolute Gasteiger partial charge is 0.496 e. The van der Waals surface area contributed by atoms with Gasteiger partial charge in [-0.15, -0.1) is 0 Å². The van der Waals surface area contributed by atoms with Crippen LogP contribution in [-0.2, 0) is 29.6 Å². The first-order valence-corrected chi connectivity index (χ1v) is 8.84. The molecule has 1 aliphatic rings. The van der Waals surface area contributed by atoms with Crippen molar-refractivity contribution < 1.29 is 9.53 Å². The lowest BCUT2D eigenvalue weighted by atomic mass is 9.93. The van der Waals surface area contributed by atoms with Crippen molar-refractivity contribution in [3.63, 3.8) is 0 Å². The van der Waals surface area contributed by atoms with Gasteiger partial charge in [0.2, 0.25) is 5.91 Å². The zero-order valence-corrected chi connectivity index (χ0v) is 15.5. The first-order valence-electron chi connectivity index (χ1n) is 8.84. The average Bonchev–Trinajstić information content (AvgIpc) is 2.99. The molecule has 0 unspecified atom stereocenters. The number of nitrogens with one attached hydrogen (secondary N) is 1. The lowest BCUT2D eigenvalue weighted by molar-refractivity contribution is -0.121. The number of aryl methyl sites for hydroxylation is 1. The summed E-state index contributed by atoms with van der Waals surface area (Å²) in [5.41, 5.74) is 2.08. The lowest BCUT2D eigenvalue weighted by Crippen LogP contribution is -2.41. The van der Waals surface area contributed by atoms with Crippen LogP contribution in [0.2, 0.25) is 0 Å². The SMILES string of the molecule is COc1ccccc1CC(=O)N[C@H]1CCc2nc(C(C)(C)C)cn2C1. The molecule has 1 atom stereocenters. The fraction of sp³-hybridized carbons (Fsp3) is 0.500.